The van der Waals surface area contributed by atoms with E-state index in [1.807, 2.05) is 18.2 Å². The summed E-state index contributed by atoms with van der Waals surface area (Å²) in [5.41, 5.74) is 1.11. The molecule has 0 fully saturated rings. The molecular weight excluding hydrogens is 360 g/mol. The van der Waals surface area contributed by atoms with Crippen molar-refractivity contribution in [3.05, 3.63) is 65.7 Å². The number of ketones is 1. The van der Waals surface area contributed by atoms with Gasteiger partial charge in [-0.15, -0.1) is 0 Å². The van der Waals surface area contributed by atoms with Crippen LogP contribution in [-0.2, 0) is 19.0 Å². The number of methoxy groups -OCH3 is 1. The molecule has 0 aliphatic heterocycles. The standard InChI is InChI=1S/C22H26O6/c1-25-14-15-26-12-5-6-13-27-21(23)17-28-20-11-7-10-19(16-20)22(24)18-8-3-2-4-9-18/h2-4,7-11,16H,5-6,12-15,17H2,1H3. The zero-order valence-corrected chi connectivity index (χ0v) is 16.1. The zero-order chi connectivity index (χ0) is 20.0. The lowest BCUT2D eigenvalue weighted by atomic mass is 10.0. The topological polar surface area (TPSA) is 71.1 Å². The molecule has 0 N–H and O–H groups in total. The van der Waals surface area contributed by atoms with Crippen LogP contribution in [0.2, 0.25) is 0 Å². The van der Waals surface area contributed by atoms with Gasteiger partial charge in [-0.1, -0.05) is 42.5 Å². The highest BCUT2D eigenvalue weighted by atomic mass is 16.6. The maximum absolute atomic E-state index is 12.5. The van der Waals surface area contributed by atoms with Crippen LogP contribution in [0.5, 0.6) is 5.75 Å². The first-order valence-electron chi connectivity index (χ1n) is 9.25. The van der Waals surface area contributed by atoms with Crippen LogP contribution >= 0.6 is 0 Å². The fourth-order valence-electron chi connectivity index (χ4n) is 2.40. The molecule has 0 bridgehead atoms. The quantitative estimate of drug-likeness (QED) is 0.299. The minimum atomic E-state index is -0.444. The first kappa shape index (κ1) is 21.6. The average Bonchev–Trinajstić information content (AvgIpc) is 2.74. The lowest BCUT2D eigenvalue weighted by molar-refractivity contribution is -0.146. The summed E-state index contributed by atoms with van der Waals surface area (Å²) in [4.78, 5) is 24.2. The van der Waals surface area contributed by atoms with Gasteiger partial charge >= 0.3 is 5.97 Å². The normalized spacial score (nSPS) is 10.5. The third-order valence-corrected chi connectivity index (χ3v) is 3.87. The van der Waals surface area contributed by atoms with E-state index in [2.05, 4.69) is 0 Å². The molecule has 0 saturated carbocycles. The van der Waals surface area contributed by atoms with E-state index in [-0.39, 0.29) is 12.4 Å². The second kappa shape index (κ2) is 12.6. The Morgan fingerprint density at radius 1 is 0.821 bits per heavy atom. The number of benzene rings is 2. The predicted molar refractivity (Wildman–Crippen MR) is 105 cm³/mol. The third kappa shape index (κ3) is 7.90. The Morgan fingerprint density at radius 2 is 1.57 bits per heavy atom. The van der Waals surface area contributed by atoms with Gasteiger partial charge in [0.05, 0.1) is 19.8 Å². The molecule has 0 aliphatic rings. The van der Waals surface area contributed by atoms with Crippen LogP contribution in [0, 0.1) is 0 Å². The summed E-state index contributed by atoms with van der Waals surface area (Å²) < 4.78 is 20.8. The molecule has 0 heterocycles. The van der Waals surface area contributed by atoms with Crippen molar-refractivity contribution in [3.8, 4) is 5.75 Å². The van der Waals surface area contributed by atoms with Crippen molar-refractivity contribution >= 4 is 11.8 Å². The van der Waals surface area contributed by atoms with Gasteiger partial charge in [0.25, 0.3) is 0 Å². The minimum absolute atomic E-state index is 0.0960. The molecule has 0 aromatic heterocycles. The van der Waals surface area contributed by atoms with E-state index in [0.29, 0.717) is 43.3 Å². The summed E-state index contributed by atoms with van der Waals surface area (Å²) in [7, 11) is 1.63. The molecule has 2 aromatic carbocycles. The summed E-state index contributed by atoms with van der Waals surface area (Å²) in [5.74, 6) is -0.0910. The van der Waals surface area contributed by atoms with Gasteiger partial charge < -0.3 is 18.9 Å². The smallest absolute Gasteiger partial charge is 0.344 e. The lowest BCUT2D eigenvalue weighted by Crippen LogP contribution is -2.16. The van der Waals surface area contributed by atoms with Gasteiger partial charge in [-0.3, -0.25) is 4.79 Å². The third-order valence-electron chi connectivity index (χ3n) is 3.87. The van der Waals surface area contributed by atoms with Crippen LogP contribution < -0.4 is 4.74 Å². The molecular formula is C22H26O6. The Morgan fingerprint density at radius 3 is 2.36 bits per heavy atom. The van der Waals surface area contributed by atoms with E-state index in [9.17, 15) is 9.59 Å². The van der Waals surface area contributed by atoms with E-state index in [0.717, 1.165) is 12.8 Å². The molecule has 0 unspecified atom stereocenters. The molecule has 0 saturated heterocycles. The number of hydrogen-bond acceptors (Lipinski definition) is 6. The number of rotatable bonds is 13. The van der Waals surface area contributed by atoms with Crippen LogP contribution in [-0.4, -0.2) is 51.9 Å². The Labute approximate surface area is 165 Å². The van der Waals surface area contributed by atoms with Crippen molar-refractivity contribution < 1.29 is 28.5 Å². The lowest BCUT2D eigenvalue weighted by Gasteiger charge is -2.08. The molecule has 0 aliphatic carbocycles. The van der Waals surface area contributed by atoms with Gasteiger partial charge in [0.2, 0.25) is 0 Å². The summed E-state index contributed by atoms with van der Waals surface area (Å²) in [6.45, 7) is 1.87. The van der Waals surface area contributed by atoms with Crippen molar-refractivity contribution in [3.63, 3.8) is 0 Å². The van der Waals surface area contributed by atoms with Crippen molar-refractivity contribution in [2.24, 2.45) is 0 Å². The van der Waals surface area contributed by atoms with Gasteiger partial charge in [-0.2, -0.15) is 0 Å². The average molecular weight is 386 g/mol. The Kier molecular flexibility index (Phi) is 9.75. The van der Waals surface area contributed by atoms with Crippen LogP contribution in [0.25, 0.3) is 0 Å². The second-order valence-electron chi connectivity index (χ2n) is 6.04. The molecule has 0 radical (unpaired) electrons. The van der Waals surface area contributed by atoms with Crippen molar-refractivity contribution in [1.82, 2.24) is 0 Å². The van der Waals surface area contributed by atoms with E-state index in [1.165, 1.54) is 0 Å². The van der Waals surface area contributed by atoms with E-state index >= 15 is 0 Å². The second-order valence-corrected chi connectivity index (χ2v) is 6.04. The maximum Gasteiger partial charge on any atom is 0.344 e. The summed E-state index contributed by atoms with van der Waals surface area (Å²) in [5, 5.41) is 0. The number of ether oxygens (including phenoxy) is 4. The SMILES string of the molecule is COCCOCCCCOC(=O)COc1cccc(C(=O)c2ccccc2)c1. The Balaban J connectivity index is 1.68. The molecule has 6 nitrogen and oxygen atoms in total. The number of carbonyl (C=O) groups is 2. The zero-order valence-electron chi connectivity index (χ0n) is 16.1. The fraction of sp³-hybridized carbons (Fsp3) is 0.364. The van der Waals surface area contributed by atoms with Gasteiger partial charge in [0.1, 0.15) is 5.75 Å². The van der Waals surface area contributed by atoms with E-state index in [4.69, 9.17) is 18.9 Å². The summed E-state index contributed by atoms with van der Waals surface area (Å²) >= 11 is 0. The molecule has 6 heteroatoms. The maximum atomic E-state index is 12.5. The number of unbranched alkanes of at least 4 members (excludes halogenated alkanes) is 1. The van der Waals surface area contributed by atoms with Crippen LogP contribution in [0.15, 0.2) is 54.6 Å². The molecule has 0 spiro atoms. The molecule has 150 valence electrons. The first-order chi connectivity index (χ1) is 13.7. The van der Waals surface area contributed by atoms with Gasteiger partial charge in [0, 0.05) is 24.8 Å². The first-order valence-corrected chi connectivity index (χ1v) is 9.25. The van der Waals surface area contributed by atoms with Gasteiger partial charge in [0.15, 0.2) is 12.4 Å². The Hall–Kier alpha value is -2.70. The monoisotopic (exact) mass is 386 g/mol. The summed E-state index contributed by atoms with van der Waals surface area (Å²) in [6.07, 6.45) is 1.53. The molecule has 2 aromatic rings. The molecule has 2 rings (SSSR count). The summed E-state index contributed by atoms with van der Waals surface area (Å²) in [6, 6.07) is 15.8. The van der Waals surface area contributed by atoms with Crippen LogP contribution in [0.4, 0.5) is 0 Å². The molecule has 28 heavy (non-hydrogen) atoms. The highest BCUT2D eigenvalue weighted by molar-refractivity contribution is 6.09. The van der Waals surface area contributed by atoms with Crippen molar-refractivity contribution in [2.75, 3.05) is 40.1 Å². The highest BCUT2D eigenvalue weighted by Crippen LogP contribution is 2.16. The molecule has 0 amide bonds. The minimum Gasteiger partial charge on any atom is -0.482 e. The highest BCUT2D eigenvalue weighted by Gasteiger charge is 2.10. The molecule has 0 atom stereocenters. The van der Waals surface area contributed by atoms with E-state index in [1.54, 1.807) is 43.5 Å². The van der Waals surface area contributed by atoms with Gasteiger partial charge in [-0.25, -0.2) is 4.79 Å². The number of esters is 1. The number of hydrogen-bond donors (Lipinski definition) is 0. The van der Waals surface area contributed by atoms with Gasteiger partial charge in [-0.05, 0) is 25.0 Å². The fourth-order valence-corrected chi connectivity index (χ4v) is 2.40. The van der Waals surface area contributed by atoms with Crippen molar-refractivity contribution in [1.29, 1.82) is 0 Å². The van der Waals surface area contributed by atoms with Crippen LogP contribution in [0.3, 0.4) is 0 Å². The van der Waals surface area contributed by atoms with Crippen LogP contribution in [0.1, 0.15) is 28.8 Å². The predicted octanol–water partition coefficient (Wildman–Crippen LogP) is 3.28. The van der Waals surface area contributed by atoms with Crippen molar-refractivity contribution in [2.45, 2.75) is 12.8 Å². The Bertz CT molecular complexity index is 729. The van der Waals surface area contributed by atoms with E-state index < -0.39 is 5.97 Å². The number of carbonyl (C=O) groups excluding carboxylic acids is 2. The largest absolute Gasteiger partial charge is 0.482 e.